The number of hydrogen-bond donors (Lipinski definition) is 1. The lowest BCUT2D eigenvalue weighted by Gasteiger charge is -2.28. The number of amides is 1. The molecule has 2 aromatic carbocycles. The molecule has 1 aliphatic rings. The summed E-state index contributed by atoms with van der Waals surface area (Å²) in [7, 11) is 5.48. The van der Waals surface area contributed by atoms with Gasteiger partial charge in [-0.3, -0.25) is 9.59 Å². The lowest BCUT2D eigenvalue weighted by molar-refractivity contribution is -0.857. The molecule has 1 heterocycles. The normalized spacial score (nSPS) is 17.6. The molecule has 0 radical (unpaired) electrons. The van der Waals surface area contributed by atoms with Crippen LogP contribution in [-0.4, -0.2) is 57.5 Å². The van der Waals surface area contributed by atoms with E-state index in [9.17, 15) is 14.7 Å². The van der Waals surface area contributed by atoms with Crippen molar-refractivity contribution in [3.63, 3.8) is 0 Å². The third-order valence-electron chi connectivity index (χ3n) is 5.45. The molecule has 0 aliphatic carbocycles. The average Bonchev–Trinajstić information content (AvgIpc) is 3.06. The van der Waals surface area contributed by atoms with Gasteiger partial charge in [-0.05, 0) is 41.8 Å². The van der Waals surface area contributed by atoms with Crippen molar-refractivity contribution in [2.45, 2.75) is 19.4 Å². The summed E-state index contributed by atoms with van der Waals surface area (Å²) in [6.45, 7) is 3.51. The molecular weight excluding hydrogens is 488 g/mol. The van der Waals surface area contributed by atoms with Gasteiger partial charge in [-0.25, -0.2) is 0 Å². The molecule has 0 spiro atoms. The highest BCUT2D eigenvalue weighted by Gasteiger charge is 2.44. The maximum atomic E-state index is 13.4. The van der Waals surface area contributed by atoms with Gasteiger partial charge in [-0.2, -0.15) is 0 Å². The van der Waals surface area contributed by atoms with Crippen LogP contribution in [0.1, 0.15) is 30.5 Å². The molecule has 1 saturated heterocycles. The fraction of sp³-hybridized carbons (Fsp3) is 0.360. The van der Waals surface area contributed by atoms with Crippen molar-refractivity contribution >= 4 is 33.4 Å². The lowest BCUT2D eigenvalue weighted by atomic mass is 9.95. The van der Waals surface area contributed by atoms with Crippen LogP contribution in [0.15, 0.2) is 52.5 Å². The fourth-order valence-corrected chi connectivity index (χ4v) is 4.00. The molecule has 1 aliphatic heterocycles. The number of halogens is 1. The van der Waals surface area contributed by atoms with E-state index in [1.165, 1.54) is 12.0 Å². The second-order valence-corrected chi connectivity index (χ2v) is 9.11. The number of ether oxygens (including phenoxy) is 2. The Morgan fingerprint density at radius 1 is 1.12 bits per heavy atom. The zero-order chi connectivity index (χ0) is 24.1. The summed E-state index contributed by atoms with van der Waals surface area (Å²) in [6, 6.07) is 11.2. The third-order valence-corrected chi connectivity index (χ3v) is 5.98. The Kier molecular flexibility index (Phi) is 8.15. The standard InChI is InChI=1S/C25H29BrN2O5/c1-5-14-33-19-11-8-17(15-20(19)32-4)22-21(23(29)16-6-9-18(26)10-7-16)24(30)25(31)28(22)13-12-27(2)3/h6-11,15,22,29H,5,12-14H2,1-4H3. The molecule has 33 heavy (non-hydrogen) atoms. The van der Waals surface area contributed by atoms with Crippen LogP contribution in [0.3, 0.4) is 0 Å². The quantitative estimate of drug-likeness (QED) is 0.311. The minimum Gasteiger partial charge on any atom is -0.872 e. The molecule has 0 saturated carbocycles. The first-order valence-electron chi connectivity index (χ1n) is 10.9. The van der Waals surface area contributed by atoms with Crippen molar-refractivity contribution < 1.29 is 29.1 Å². The Morgan fingerprint density at radius 2 is 1.82 bits per heavy atom. The topological polar surface area (TPSA) is 83.3 Å². The molecule has 1 amide bonds. The number of likely N-dealkylation sites (N-methyl/N-ethyl adjacent to an activating group) is 1. The largest absolute Gasteiger partial charge is 0.872 e. The lowest BCUT2D eigenvalue weighted by Crippen LogP contribution is -3.06. The molecule has 7 nitrogen and oxygen atoms in total. The summed E-state index contributed by atoms with van der Waals surface area (Å²) in [5.74, 6) is -0.806. The number of benzene rings is 2. The zero-order valence-electron chi connectivity index (χ0n) is 19.3. The summed E-state index contributed by atoms with van der Waals surface area (Å²) >= 11 is 3.36. The Balaban J connectivity index is 2.14. The smallest absolute Gasteiger partial charge is 0.295 e. The molecule has 1 atom stereocenters. The van der Waals surface area contributed by atoms with E-state index in [1.807, 2.05) is 21.0 Å². The molecule has 3 rings (SSSR count). The number of ketones is 1. The minimum atomic E-state index is -0.797. The monoisotopic (exact) mass is 516 g/mol. The van der Waals surface area contributed by atoms with Crippen LogP contribution >= 0.6 is 15.9 Å². The predicted molar refractivity (Wildman–Crippen MR) is 127 cm³/mol. The van der Waals surface area contributed by atoms with Gasteiger partial charge in [0.15, 0.2) is 11.5 Å². The molecule has 1 unspecified atom stereocenters. The first-order chi connectivity index (χ1) is 15.8. The van der Waals surface area contributed by atoms with Crippen LogP contribution in [0.4, 0.5) is 0 Å². The predicted octanol–water partition coefficient (Wildman–Crippen LogP) is 1.61. The van der Waals surface area contributed by atoms with Crippen LogP contribution in [-0.2, 0) is 9.59 Å². The van der Waals surface area contributed by atoms with E-state index in [-0.39, 0.29) is 5.57 Å². The van der Waals surface area contributed by atoms with Crippen LogP contribution < -0.4 is 19.5 Å². The van der Waals surface area contributed by atoms with Gasteiger partial charge in [0, 0.05) is 10.0 Å². The number of nitrogens with zero attached hydrogens (tertiary/aromatic N) is 1. The van der Waals surface area contributed by atoms with Gasteiger partial charge in [-0.15, -0.1) is 0 Å². The number of carbonyl (C=O) groups excluding carboxylic acids is 2. The van der Waals surface area contributed by atoms with E-state index >= 15 is 0 Å². The van der Waals surface area contributed by atoms with Crippen molar-refractivity contribution in [1.29, 1.82) is 0 Å². The van der Waals surface area contributed by atoms with Gasteiger partial charge in [-0.1, -0.05) is 46.8 Å². The highest BCUT2D eigenvalue weighted by atomic mass is 79.9. The van der Waals surface area contributed by atoms with E-state index in [1.54, 1.807) is 42.5 Å². The highest BCUT2D eigenvalue weighted by molar-refractivity contribution is 9.10. The second kappa shape index (κ2) is 10.9. The molecule has 1 fully saturated rings. The number of Topliss-reactive ketones (excluding diaryl/α,β-unsaturated/α-hetero) is 1. The number of nitrogens with one attached hydrogen (secondary N) is 1. The van der Waals surface area contributed by atoms with E-state index < -0.39 is 23.5 Å². The summed E-state index contributed by atoms with van der Waals surface area (Å²) in [4.78, 5) is 28.7. The van der Waals surface area contributed by atoms with E-state index in [0.29, 0.717) is 42.3 Å². The fourth-order valence-electron chi connectivity index (χ4n) is 3.73. The average molecular weight is 517 g/mol. The van der Waals surface area contributed by atoms with Crippen molar-refractivity contribution in [3.8, 4) is 11.5 Å². The highest BCUT2D eigenvalue weighted by Crippen LogP contribution is 2.41. The molecule has 2 aromatic rings. The van der Waals surface area contributed by atoms with Crippen molar-refractivity contribution in [3.05, 3.63) is 63.6 Å². The number of hydrogen-bond acceptors (Lipinski definition) is 5. The molecule has 176 valence electrons. The van der Waals surface area contributed by atoms with Gasteiger partial charge < -0.3 is 24.4 Å². The zero-order valence-corrected chi connectivity index (χ0v) is 20.9. The SMILES string of the molecule is CCCOc1ccc(C2C(=C([O-])c3ccc(Br)cc3)C(=O)C(=O)N2CC[NH+](C)C)cc1OC. The Bertz CT molecular complexity index is 1050. The maximum absolute atomic E-state index is 13.4. The number of rotatable bonds is 9. The van der Waals surface area contributed by atoms with Crippen LogP contribution in [0.2, 0.25) is 0 Å². The van der Waals surface area contributed by atoms with Crippen molar-refractivity contribution in [2.24, 2.45) is 0 Å². The van der Waals surface area contributed by atoms with Crippen LogP contribution in [0, 0.1) is 0 Å². The van der Waals surface area contributed by atoms with Crippen LogP contribution in [0.5, 0.6) is 11.5 Å². The van der Waals surface area contributed by atoms with Gasteiger partial charge >= 0.3 is 0 Å². The number of likely N-dealkylation sites (tertiary alicyclic amines) is 1. The number of carbonyl (C=O) groups is 2. The number of quaternary nitrogens is 1. The summed E-state index contributed by atoms with van der Waals surface area (Å²) in [6.07, 6.45) is 0.844. The summed E-state index contributed by atoms with van der Waals surface area (Å²) < 4.78 is 12.1. The van der Waals surface area contributed by atoms with Gasteiger partial charge in [0.1, 0.15) is 0 Å². The molecular formula is C25H29BrN2O5. The summed E-state index contributed by atoms with van der Waals surface area (Å²) in [5, 5.41) is 13.4. The maximum Gasteiger partial charge on any atom is 0.295 e. The Morgan fingerprint density at radius 3 is 2.42 bits per heavy atom. The van der Waals surface area contributed by atoms with E-state index in [2.05, 4.69) is 15.9 Å². The molecule has 0 bridgehead atoms. The first kappa shape index (κ1) is 24.8. The third kappa shape index (κ3) is 5.39. The molecule has 8 heteroatoms. The van der Waals surface area contributed by atoms with Gasteiger partial charge in [0.2, 0.25) is 5.78 Å². The first-order valence-corrected chi connectivity index (χ1v) is 11.7. The number of methoxy groups -OCH3 is 1. The van der Waals surface area contributed by atoms with Crippen LogP contribution in [0.25, 0.3) is 5.76 Å². The van der Waals surface area contributed by atoms with Crippen molar-refractivity contribution in [2.75, 3.05) is 40.9 Å². The molecule has 1 N–H and O–H groups in total. The van der Waals surface area contributed by atoms with E-state index in [4.69, 9.17) is 9.47 Å². The summed E-state index contributed by atoms with van der Waals surface area (Å²) in [5.41, 5.74) is 0.943. The van der Waals surface area contributed by atoms with Crippen molar-refractivity contribution in [1.82, 2.24) is 4.90 Å². The molecule has 0 aromatic heterocycles. The minimum absolute atomic E-state index is 0.0413. The second-order valence-electron chi connectivity index (χ2n) is 8.20. The van der Waals surface area contributed by atoms with Gasteiger partial charge in [0.25, 0.3) is 5.91 Å². The Hall–Kier alpha value is -2.84. The van der Waals surface area contributed by atoms with Gasteiger partial charge in [0.05, 0.1) is 46.9 Å². The van der Waals surface area contributed by atoms with E-state index in [0.717, 1.165) is 15.8 Å². The Labute approximate surface area is 202 Å².